The maximum atomic E-state index is 11.2. The minimum atomic E-state index is -0.236. The standard InChI is InChI=1S/C11H19N5O/c1-8(4-3-7-12)14-10-6-5-9(15-16-10)11(17)13-2/h5-6,8H,3-4,7,12H2,1-2H3,(H,13,17)(H,14,16). The van der Waals surface area contributed by atoms with Crippen molar-refractivity contribution in [2.24, 2.45) is 5.73 Å². The van der Waals surface area contributed by atoms with Crippen molar-refractivity contribution in [1.82, 2.24) is 15.5 Å². The van der Waals surface area contributed by atoms with Crippen LogP contribution in [0.1, 0.15) is 30.3 Å². The van der Waals surface area contributed by atoms with Gasteiger partial charge in [-0.2, -0.15) is 0 Å². The molecule has 0 aliphatic rings. The van der Waals surface area contributed by atoms with Crippen molar-refractivity contribution >= 4 is 11.7 Å². The van der Waals surface area contributed by atoms with Crippen LogP contribution in [0.25, 0.3) is 0 Å². The van der Waals surface area contributed by atoms with Gasteiger partial charge in [-0.3, -0.25) is 4.79 Å². The maximum Gasteiger partial charge on any atom is 0.271 e. The van der Waals surface area contributed by atoms with E-state index in [4.69, 9.17) is 5.73 Å². The first kappa shape index (κ1) is 13.4. The molecule has 0 saturated carbocycles. The lowest BCUT2D eigenvalue weighted by molar-refractivity contribution is 0.0957. The van der Waals surface area contributed by atoms with Crippen molar-refractivity contribution in [2.45, 2.75) is 25.8 Å². The predicted molar refractivity (Wildman–Crippen MR) is 66.8 cm³/mol. The van der Waals surface area contributed by atoms with Crippen LogP contribution in [-0.2, 0) is 0 Å². The lowest BCUT2D eigenvalue weighted by Crippen LogP contribution is -2.21. The summed E-state index contributed by atoms with van der Waals surface area (Å²) in [5.41, 5.74) is 5.75. The summed E-state index contributed by atoms with van der Waals surface area (Å²) in [7, 11) is 1.56. The second-order valence-corrected chi connectivity index (χ2v) is 3.86. The van der Waals surface area contributed by atoms with Crippen LogP contribution in [0.3, 0.4) is 0 Å². The Bertz CT molecular complexity index is 351. The van der Waals surface area contributed by atoms with Gasteiger partial charge in [0.05, 0.1) is 0 Å². The third-order valence-corrected chi connectivity index (χ3v) is 2.36. The molecule has 0 fully saturated rings. The second-order valence-electron chi connectivity index (χ2n) is 3.86. The number of nitrogens with zero attached hydrogens (tertiary/aromatic N) is 2. The number of hydrogen-bond acceptors (Lipinski definition) is 5. The Kier molecular flexibility index (Phi) is 5.35. The van der Waals surface area contributed by atoms with Crippen molar-refractivity contribution in [3.63, 3.8) is 0 Å². The maximum absolute atomic E-state index is 11.2. The van der Waals surface area contributed by atoms with E-state index in [0.29, 0.717) is 24.1 Å². The second kappa shape index (κ2) is 6.80. The quantitative estimate of drug-likeness (QED) is 0.665. The fourth-order valence-corrected chi connectivity index (χ4v) is 1.41. The van der Waals surface area contributed by atoms with Gasteiger partial charge >= 0.3 is 0 Å². The highest BCUT2D eigenvalue weighted by Gasteiger charge is 2.07. The fraction of sp³-hybridized carbons (Fsp3) is 0.545. The summed E-state index contributed by atoms with van der Waals surface area (Å²) in [4.78, 5) is 11.2. The number of hydrogen-bond donors (Lipinski definition) is 3. The van der Waals surface area contributed by atoms with Gasteiger partial charge in [-0.15, -0.1) is 10.2 Å². The number of rotatable bonds is 6. The topological polar surface area (TPSA) is 92.9 Å². The predicted octanol–water partition coefficient (Wildman–Crippen LogP) is 0.375. The number of aromatic nitrogens is 2. The molecule has 0 aliphatic carbocycles. The Balaban J connectivity index is 2.53. The Labute approximate surface area is 101 Å². The minimum absolute atomic E-state index is 0.236. The number of nitrogens with one attached hydrogen (secondary N) is 2. The van der Waals surface area contributed by atoms with Crippen LogP contribution in [0.4, 0.5) is 5.82 Å². The van der Waals surface area contributed by atoms with E-state index in [2.05, 4.69) is 27.8 Å². The lowest BCUT2D eigenvalue weighted by atomic mass is 10.2. The van der Waals surface area contributed by atoms with Gasteiger partial charge in [0.15, 0.2) is 5.69 Å². The van der Waals surface area contributed by atoms with Gasteiger partial charge in [-0.25, -0.2) is 0 Å². The summed E-state index contributed by atoms with van der Waals surface area (Å²) >= 11 is 0. The first-order valence-electron chi connectivity index (χ1n) is 5.69. The molecule has 0 bridgehead atoms. The van der Waals surface area contributed by atoms with Crippen molar-refractivity contribution in [1.29, 1.82) is 0 Å². The third-order valence-electron chi connectivity index (χ3n) is 2.36. The fourth-order valence-electron chi connectivity index (χ4n) is 1.41. The molecule has 1 aromatic rings. The van der Waals surface area contributed by atoms with Crippen LogP contribution >= 0.6 is 0 Å². The summed E-state index contributed by atoms with van der Waals surface area (Å²) in [5.74, 6) is 0.433. The van der Waals surface area contributed by atoms with Gasteiger partial charge in [-0.05, 0) is 38.4 Å². The normalized spacial score (nSPS) is 11.9. The molecule has 1 rings (SSSR count). The van der Waals surface area contributed by atoms with Crippen molar-refractivity contribution in [2.75, 3.05) is 18.9 Å². The first-order chi connectivity index (χ1) is 8.17. The molecular formula is C11H19N5O. The zero-order valence-corrected chi connectivity index (χ0v) is 10.2. The molecule has 94 valence electrons. The molecule has 1 unspecified atom stereocenters. The highest BCUT2D eigenvalue weighted by molar-refractivity contribution is 5.91. The van der Waals surface area contributed by atoms with Crippen LogP contribution in [0.5, 0.6) is 0 Å². The summed E-state index contributed by atoms with van der Waals surface area (Å²) < 4.78 is 0. The molecule has 6 nitrogen and oxygen atoms in total. The largest absolute Gasteiger partial charge is 0.366 e. The van der Waals surface area contributed by atoms with Gasteiger partial charge in [-0.1, -0.05) is 0 Å². The van der Waals surface area contributed by atoms with Gasteiger partial charge in [0.1, 0.15) is 5.82 Å². The molecule has 0 aliphatic heterocycles. The van der Waals surface area contributed by atoms with Crippen molar-refractivity contribution in [3.05, 3.63) is 17.8 Å². The minimum Gasteiger partial charge on any atom is -0.366 e. The van der Waals surface area contributed by atoms with Crippen molar-refractivity contribution < 1.29 is 4.79 Å². The Morgan fingerprint density at radius 3 is 2.76 bits per heavy atom. The zero-order valence-electron chi connectivity index (χ0n) is 10.2. The zero-order chi connectivity index (χ0) is 12.7. The summed E-state index contributed by atoms with van der Waals surface area (Å²) in [6.07, 6.45) is 1.95. The molecule has 1 amide bonds. The molecule has 1 heterocycles. The number of anilines is 1. The summed E-state index contributed by atoms with van der Waals surface area (Å²) in [5, 5.41) is 13.5. The summed E-state index contributed by atoms with van der Waals surface area (Å²) in [6, 6.07) is 3.68. The SMILES string of the molecule is CNC(=O)c1ccc(NC(C)CCCN)nn1. The van der Waals surface area contributed by atoms with Gasteiger partial charge < -0.3 is 16.4 Å². The Morgan fingerprint density at radius 1 is 1.47 bits per heavy atom. The third kappa shape index (κ3) is 4.36. The van der Waals surface area contributed by atoms with E-state index in [-0.39, 0.29) is 5.91 Å². The summed E-state index contributed by atoms with van der Waals surface area (Å²) in [6.45, 7) is 2.75. The van der Waals surface area contributed by atoms with Crippen LogP contribution < -0.4 is 16.4 Å². The van der Waals surface area contributed by atoms with E-state index in [1.54, 1.807) is 19.2 Å². The van der Waals surface area contributed by atoms with Gasteiger partial charge in [0.2, 0.25) is 0 Å². The van der Waals surface area contributed by atoms with E-state index in [0.717, 1.165) is 12.8 Å². The van der Waals surface area contributed by atoms with Gasteiger partial charge in [0.25, 0.3) is 5.91 Å². The van der Waals surface area contributed by atoms with Crippen molar-refractivity contribution in [3.8, 4) is 0 Å². The highest BCUT2D eigenvalue weighted by atomic mass is 16.1. The molecule has 0 spiro atoms. The average Bonchev–Trinajstić information content (AvgIpc) is 2.36. The Morgan fingerprint density at radius 2 is 2.24 bits per heavy atom. The lowest BCUT2D eigenvalue weighted by Gasteiger charge is -2.13. The van der Waals surface area contributed by atoms with Crippen LogP contribution in [0.2, 0.25) is 0 Å². The number of carbonyl (C=O) groups excluding carboxylic acids is 1. The number of nitrogens with two attached hydrogens (primary N) is 1. The smallest absolute Gasteiger partial charge is 0.271 e. The average molecular weight is 237 g/mol. The molecule has 17 heavy (non-hydrogen) atoms. The Hall–Kier alpha value is -1.69. The first-order valence-corrected chi connectivity index (χ1v) is 5.69. The monoisotopic (exact) mass is 237 g/mol. The van der Waals surface area contributed by atoms with E-state index < -0.39 is 0 Å². The number of carbonyl (C=O) groups is 1. The molecule has 0 saturated heterocycles. The number of amides is 1. The van der Waals surface area contributed by atoms with E-state index in [1.165, 1.54) is 0 Å². The van der Waals surface area contributed by atoms with Crippen LogP contribution in [0.15, 0.2) is 12.1 Å². The van der Waals surface area contributed by atoms with Gasteiger partial charge in [0, 0.05) is 13.1 Å². The van der Waals surface area contributed by atoms with E-state index in [1.807, 2.05) is 0 Å². The molecule has 1 atom stereocenters. The molecular weight excluding hydrogens is 218 g/mol. The van der Waals surface area contributed by atoms with E-state index >= 15 is 0 Å². The molecule has 0 aromatic carbocycles. The van der Waals surface area contributed by atoms with E-state index in [9.17, 15) is 4.79 Å². The van der Waals surface area contributed by atoms with Crippen LogP contribution in [-0.4, -0.2) is 35.7 Å². The molecule has 1 aromatic heterocycles. The highest BCUT2D eigenvalue weighted by Crippen LogP contribution is 2.06. The molecule has 4 N–H and O–H groups in total. The molecule has 0 radical (unpaired) electrons. The molecule has 6 heteroatoms. The van der Waals surface area contributed by atoms with Crippen LogP contribution in [0, 0.1) is 0 Å².